The first-order valence-corrected chi connectivity index (χ1v) is 23.8. The van der Waals surface area contributed by atoms with Crippen molar-refractivity contribution in [1.29, 1.82) is 0 Å². The van der Waals surface area contributed by atoms with E-state index in [0.29, 0.717) is 17.5 Å². The van der Waals surface area contributed by atoms with Gasteiger partial charge in [0, 0.05) is 58.7 Å². The lowest BCUT2D eigenvalue weighted by molar-refractivity contribution is 1.08. The molecular formula is C63H38N4S. The second kappa shape index (κ2) is 15.4. The lowest BCUT2D eigenvalue weighted by atomic mass is 9.88. The van der Waals surface area contributed by atoms with Crippen LogP contribution in [0.2, 0.25) is 0 Å². The lowest BCUT2D eigenvalue weighted by Gasteiger charge is -2.17. The summed E-state index contributed by atoms with van der Waals surface area (Å²) in [6.45, 7) is 0. The zero-order valence-electron chi connectivity index (χ0n) is 36.6. The standard InChI is InChI=1S/C63H38N4S/c1-4-16-41(17-5-1)61-64-62(42-18-6-2-7-19-42)66-63(65-61)55-36-44(35-54-48-24-11-10-22-46(48)47-23-12-13-26-50(47)60(54)55)40-30-28-39(29-31-40)43-32-33-56-51(34-43)52-37-53-49-25-14-15-27-58(49)68-59(53)38-57(52)67(56)45-20-8-3-9-21-45/h1-38H. The third-order valence-corrected chi connectivity index (χ3v) is 14.7. The molecule has 0 saturated heterocycles. The van der Waals surface area contributed by atoms with Crippen molar-refractivity contribution in [3.63, 3.8) is 0 Å². The van der Waals surface area contributed by atoms with E-state index in [1.54, 1.807) is 0 Å². The van der Waals surface area contributed by atoms with Crippen LogP contribution in [0.15, 0.2) is 231 Å². The first-order chi connectivity index (χ1) is 33.7. The molecule has 0 aliphatic rings. The summed E-state index contributed by atoms with van der Waals surface area (Å²) < 4.78 is 5.04. The maximum Gasteiger partial charge on any atom is 0.164 e. The summed E-state index contributed by atoms with van der Waals surface area (Å²) >= 11 is 1.87. The molecule has 0 amide bonds. The number of para-hydroxylation sites is 1. The SMILES string of the molecule is c1ccc(-c2nc(-c3ccccc3)nc(-c3cc(-c4ccc(-c5ccc6c(c5)c5cc7c(cc5n6-c5ccccc5)sc5ccccc57)cc4)cc4c5ccccc5c5ccccc5c34)n2)cc1. The van der Waals surface area contributed by atoms with E-state index in [-0.39, 0.29) is 0 Å². The molecule has 0 saturated carbocycles. The Bertz CT molecular complexity index is 4230. The quantitative estimate of drug-likeness (QED) is 0.156. The second-order valence-electron chi connectivity index (χ2n) is 17.5. The first kappa shape index (κ1) is 38.5. The number of nitrogens with zero attached hydrogens (tertiary/aromatic N) is 4. The monoisotopic (exact) mass is 882 g/mol. The molecular weight excluding hydrogens is 845 g/mol. The number of aromatic nitrogens is 4. The van der Waals surface area contributed by atoms with Crippen molar-refractivity contribution in [3.05, 3.63) is 231 Å². The Morgan fingerprint density at radius 2 is 0.779 bits per heavy atom. The van der Waals surface area contributed by atoms with Crippen molar-refractivity contribution in [1.82, 2.24) is 19.5 Å². The van der Waals surface area contributed by atoms with E-state index in [1.165, 1.54) is 63.7 Å². The van der Waals surface area contributed by atoms with Gasteiger partial charge in [0.05, 0.1) is 11.0 Å². The van der Waals surface area contributed by atoms with E-state index < -0.39 is 0 Å². The Kier molecular flexibility index (Phi) is 8.73. The Balaban J connectivity index is 0.961. The topological polar surface area (TPSA) is 43.6 Å². The molecule has 0 fully saturated rings. The van der Waals surface area contributed by atoms with Crippen LogP contribution in [-0.4, -0.2) is 19.5 Å². The zero-order chi connectivity index (χ0) is 44.7. The van der Waals surface area contributed by atoms with Crippen LogP contribution < -0.4 is 0 Å². The molecule has 68 heavy (non-hydrogen) atoms. The van der Waals surface area contributed by atoms with Gasteiger partial charge in [-0.05, 0) is 104 Å². The summed E-state index contributed by atoms with van der Waals surface area (Å²) in [5.74, 6) is 1.91. The number of hydrogen-bond acceptors (Lipinski definition) is 4. The van der Waals surface area contributed by atoms with E-state index >= 15 is 0 Å². The minimum absolute atomic E-state index is 0.636. The smallest absolute Gasteiger partial charge is 0.164 e. The fraction of sp³-hybridized carbons (Fsp3) is 0. The van der Waals surface area contributed by atoms with Crippen LogP contribution in [0.4, 0.5) is 0 Å². The van der Waals surface area contributed by atoms with Gasteiger partial charge in [0.2, 0.25) is 0 Å². The number of rotatable bonds is 6. The number of hydrogen-bond donors (Lipinski definition) is 0. The van der Waals surface area contributed by atoms with Gasteiger partial charge in [-0.25, -0.2) is 15.0 Å². The second-order valence-corrected chi connectivity index (χ2v) is 18.6. The summed E-state index contributed by atoms with van der Waals surface area (Å²) in [6.07, 6.45) is 0. The third-order valence-electron chi connectivity index (χ3n) is 13.6. The summed E-state index contributed by atoms with van der Waals surface area (Å²) in [5.41, 5.74) is 11.0. The molecule has 0 bridgehead atoms. The molecule has 0 N–H and O–H groups in total. The number of thiophene rings is 1. The molecule has 4 nitrogen and oxygen atoms in total. The average Bonchev–Trinajstić information content (AvgIpc) is 3.94. The predicted octanol–water partition coefficient (Wildman–Crippen LogP) is 17.1. The molecule has 5 heteroatoms. The highest BCUT2D eigenvalue weighted by atomic mass is 32.1. The van der Waals surface area contributed by atoms with E-state index in [2.05, 4.69) is 199 Å². The van der Waals surface area contributed by atoms with Crippen LogP contribution in [0.1, 0.15) is 0 Å². The number of fused-ring (bicyclic) bond motifs is 12. The van der Waals surface area contributed by atoms with Gasteiger partial charge in [-0.15, -0.1) is 11.3 Å². The van der Waals surface area contributed by atoms with Crippen molar-refractivity contribution in [2.75, 3.05) is 0 Å². The third kappa shape index (κ3) is 6.17. The van der Waals surface area contributed by atoms with Crippen molar-refractivity contribution < 1.29 is 0 Å². The largest absolute Gasteiger partial charge is 0.309 e. The van der Waals surface area contributed by atoms with Gasteiger partial charge in [-0.2, -0.15) is 0 Å². The molecule has 0 aliphatic carbocycles. The van der Waals surface area contributed by atoms with Crippen LogP contribution >= 0.6 is 11.3 Å². The molecule has 0 unspecified atom stereocenters. The molecule has 14 rings (SSSR count). The molecule has 0 atom stereocenters. The van der Waals surface area contributed by atoms with Gasteiger partial charge in [0.25, 0.3) is 0 Å². The Morgan fingerprint density at radius 3 is 1.46 bits per heavy atom. The highest BCUT2D eigenvalue weighted by Crippen LogP contribution is 2.45. The molecule has 14 aromatic rings. The van der Waals surface area contributed by atoms with Gasteiger partial charge in [-0.1, -0.05) is 176 Å². The highest BCUT2D eigenvalue weighted by molar-refractivity contribution is 7.25. The maximum absolute atomic E-state index is 5.30. The summed E-state index contributed by atoms with van der Waals surface area (Å²) in [6, 6.07) is 82.9. The fourth-order valence-corrected chi connectivity index (χ4v) is 11.6. The molecule has 3 heterocycles. The van der Waals surface area contributed by atoms with E-state index in [1.807, 2.05) is 47.7 Å². The van der Waals surface area contributed by atoms with Crippen molar-refractivity contribution in [3.8, 4) is 62.1 Å². The fourth-order valence-electron chi connectivity index (χ4n) is 10.4. The number of benzene rings is 11. The Labute approximate surface area is 395 Å². The van der Waals surface area contributed by atoms with E-state index in [0.717, 1.165) is 55.2 Å². The zero-order valence-corrected chi connectivity index (χ0v) is 37.5. The predicted molar refractivity (Wildman–Crippen MR) is 287 cm³/mol. The molecule has 11 aromatic carbocycles. The molecule has 0 aliphatic heterocycles. The van der Waals surface area contributed by atoms with E-state index in [4.69, 9.17) is 15.0 Å². The van der Waals surface area contributed by atoms with E-state index in [9.17, 15) is 0 Å². The van der Waals surface area contributed by atoms with Gasteiger partial charge in [0.15, 0.2) is 17.5 Å². The molecule has 316 valence electrons. The summed E-state index contributed by atoms with van der Waals surface area (Å²) in [5, 5.41) is 12.2. The van der Waals surface area contributed by atoms with Crippen LogP contribution in [0.25, 0.3) is 136 Å². The van der Waals surface area contributed by atoms with Crippen molar-refractivity contribution >= 4 is 85.6 Å². The highest BCUT2D eigenvalue weighted by Gasteiger charge is 2.21. The average molecular weight is 883 g/mol. The summed E-state index contributed by atoms with van der Waals surface area (Å²) in [4.78, 5) is 15.7. The molecule has 3 aromatic heterocycles. The Hall–Kier alpha value is -8.77. The van der Waals surface area contributed by atoms with Gasteiger partial charge < -0.3 is 4.57 Å². The maximum atomic E-state index is 5.30. The van der Waals surface area contributed by atoms with Crippen molar-refractivity contribution in [2.45, 2.75) is 0 Å². The lowest BCUT2D eigenvalue weighted by Crippen LogP contribution is -2.01. The van der Waals surface area contributed by atoms with Gasteiger partial charge in [0.1, 0.15) is 0 Å². The van der Waals surface area contributed by atoms with Crippen molar-refractivity contribution in [2.24, 2.45) is 0 Å². The van der Waals surface area contributed by atoms with Gasteiger partial charge >= 0.3 is 0 Å². The van der Waals surface area contributed by atoms with Crippen LogP contribution in [-0.2, 0) is 0 Å². The Morgan fingerprint density at radius 1 is 0.279 bits per heavy atom. The van der Waals surface area contributed by atoms with Crippen LogP contribution in [0.5, 0.6) is 0 Å². The van der Waals surface area contributed by atoms with Crippen LogP contribution in [0, 0.1) is 0 Å². The van der Waals surface area contributed by atoms with Crippen LogP contribution in [0.3, 0.4) is 0 Å². The summed E-state index contributed by atoms with van der Waals surface area (Å²) in [7, 11) is 0. The molecule has 0 radical (unpaired) electrons. The molecule has 0 spiro atoms. The minimum atomic E-state index is 0.636. The normalized spacial score (nSPS) is 11.8. The minimum Gasteiger partial charge on any atom is -0.309 e. The van der Waals surface area contributed by atoms with Gasteiger partial charge in [-0.3, -0.25) is 0 Å². The first-order valence-electron chi connectivity index (χ1n) is 23.0.